The molecule has 0 bridgehead atoms. The second-order valence-electron chi connectivity index (χ2n) is 6.71. The Morgan fingerprint density at radius 1 is 1.20 bits per heavy atom. The van der Waals surface area contributed by atoms with Gasteiger partial charge in [0.2, 0.25) is 0 Å². The van der Waals surface area contributed by atoms with Crippen molar-refractivity contribution in [1.29, 1.82) is 0 Å². The van der Waals surface area contributed by atoms with E-state index >= 15 is 0 Å². The van der Waals surface area contributed by atoms with Crippen LogP contribution >= 0.6 is 15.9 Å². The Labute approximate surface area is 155 Å². The smallest absolute Gasteiger partial charge is 0.258 e. The predicted molar refractivity (Wildman–Crippen MR) is 104 cm³/mol. The Balaban J connectivity index is 1.78. The van der Waals surface area contributed by atoms with Crippen molar-refractivity contribution in [2.24, 2.45) is 7.05 Å². The molecular formula is C20H20BrN3O. The van der Waals surface area contributed by atoms with E-state index in [4.69, 9.17) is 0 Å². The Hall–Kier alpha value is -2.14. The van der Waals surface area contributed by atoms with Gasteiger partial charge in [0, 0.05) is 23.6 Å². The lowest BCUT2D eigenvalue weighted by Gasteiger charge is -2.31. The molecule has 0 radical (unpaired) electrons. The number of benzene rings is 2. The molecule has 4 nitrogen and oxygen atoms in total. The van der Waals surface area contributed by atoms with Gasteiger partial charge in [0.1, 0.15) is 5.82 Å². The maximum atomic E-state index is 13.2. The van der Waals surface area contributed by atoms with Gasteiger partial charge in [-0.25, -0.2) is 4.98 Å². The Kier molecular flexibility index (Phi) is 3.91. The lowest BCUT2D eigenvalue weighted by molar-refractivity contribution is 0.0985. The van der Waals surface area contributed by atoms with Crippen molar-refractivity contribution in [2.45, 2.75) is 26.7 Å². The summed E-state index contributed by atoms with van der Waals surface area (Å²) in [4.78, 5) is 19.7. The summed E-state index contributed by atoms with van der Waals surface area (Å²) in [6.07, 6.45) is 2.00. The third kappa shape index (κ3) is 2.67. The number of hydrogen-bond donors (Lipinski definition) is 0. The second kappa shape index (κ2) is 5.99. The first-order valence-electron chi connectivity index (χ1n) is 8.49. The first-order chi connectivity index (χ1) is 12.0. The molecule has 0 saturated carbocycles. The molecule has 4 rings (SSSR count). The van der Waals surface area contributed by atoms with Crippen LogP contribution in [-0.4, -0.2) is 22.0 Å². The highest BCUT2D eigenvalue weighted by Gasteiger charge is 2.26. The van der Waals surface area contributed by atoms with E-state index in [1.807, 2.05) is 41.6 Å². The molecule has 2 heterocycles. The molecule has 5 heteroatoms. The minimum absolute atomic E-state index is 0.0524. The molecule has 0 N–H and O–H groups in total. The maximum Gasteiger partial charge on any atom is 0.258 e. The highest BCUT2D eigenvalue weighted by atomic mass is 79.9. The fourth-order valence-corrected chi connectivity index (χ4v) is 4.35. The summed E-state index contributed by atoms with van der Waals surface area (Å²) >= 11 is 3.57. The molecule has 0 aliphatic carbocycles. The monoisotopic (exact) mass is 397 g/mol. The Morgan fingerprint density at radius 2 is 2.00 bits per heavy atom. The molecule has 25 heavy (non-hydrogen) atoms. The van der Waals surface area contributed by atoms with Crippen molar-refractivity contribution >= 4 is 38.6 Å². The van der Waals surface area contributed by atoms with E-state index in [-0.39, 0.29) is 5.91 Å². The minimum atomic E-state index is 0.0524. The summed E-state index contributed by atoms with van der Waals surface area (Å²) < 4.78 is 3.12. The van der Waals surface area contributed by atoms with Gasteiger partial charge in [0.25, 0.3) is 5.91 Å². The number of imidazole rings is 1. The van der Waals surface area contributed by atoms with Gasteiger partial charge in [-0.05, 0) is 68.1 Å². The highest BCUT2D eigenvalue weighted by molar-refractivity contribution is 9.10. The number of anilines is 1. The van der Waals surface area contributed by atoms with Gasteiger partial charge in [-0.3, -0.25) is 4.79 Å². The van der Waals surface area contributed by atoms with Crippen LogP contribution in [0.5, 0.6) is 0 Å². The first-order valence-corrected chi connectivity index (χ1v) is 9.29. The molecule has 0 fully saturated rings. The number of rotatable bonds is 1. The van der Waals surface area contributed by atoms with E-state index < -0.39 is 0 Å². The lowest BCUT2D eigenvalue weighted by atomic mass is 9.97. The van der Waals surface area contributed by atoms with Crippen LogP contribution in [0.25, 0.3) is 11.0 Å². The van der Waals surface area contributed by atoms with E-state index in [1.54, 1.807) is 0 Å². The summed E-state index contributed by atoms with van der Waals surface area (Å²) in [6, 6.07) is 10.0. The number of amides is 1. The van der Waals surface area contributed by atoms with Gasteiger partial charge in [-0.2, -0.15) is 0 Å². The van der Waals surface area contributed by atoms with Crippen LogP contribution in [0.4, 0.5) is 5.69 Å². The SMILES string of the molecule is Cc1cc(Br)cc2c1N(C(=O)c1ccc3c(c1)nc(C)n3C)CCC2. The average molecular weight is 398 g/mol. The van der Waals surface area contributed by atoms with Crippen molar-refractivity contribution in [3.8, 4) is 0 Å². The first kappa shape index (κ1) is 16.3. The highest BCUT2D eigenvalue weighted by Crippen LogP contribution is 2.34. The molecule has 0 spiro atoms. The molecule has 0 atom stereocenters. The van der Waals surface area contributed by atoms with Crippen molar-refractivity contribution in [2.75, 3.05) is 11.4 Å². The predicted octanol–water partition coefficient (Wildman–Crippen LogP) is 4.55. The number of aromatic nitrogens is 2. The summed E-state index contributed by atoms with van der Waals surface area (Å²) in [6.45, 7) is 4.80. The number of fused-ring (bicyclic) bond motifs is 2. The number of carbonyl (C=O) groups is 1. The van der Waals surface area contributed by atoms with Crippen LogP contribution in [0.1, 0.15) is 33.7 Å². The summed E-state index contributed by atoms with van der Waals surface area (Å²) in [5, 5.41) is 0. The normalized spacial score (nSPS) is 14.0. The molecule has 128 valence electrons. The maximum absolute atomic E-state index is 13.2. The summed E-state index contributed by atoms with van der Waals surface area (Å²) in [5.41, 5.74) is 6.05. The van der Waals surface area contributed by atoms with Gasteiger partial charge in [0.05, 0.1) is 16.7 Å². The lowest BCUT2D eigenvalue weighted by Crippen LogP contribution is -2.36. The van der Waals surface area contributed by atoms with Crippen LogP contribution in [0, 0.1) is 13.8 Å². The molecule has 3 aromatic rings. The van der Waals surface area contributed by atoms with Crippen LogP contribution < -0.4 is 4.90 Å². The number of halogens is 1. The number of aryl methyl sites for hydroxylation is 4. The van der Waals surface area contributed by atoms with Gasteiger partial charge in [0.15, 0.2) is 0 Å². The third-order valence-corrected chi connectivity index (χ3v) is 5.50. The number of hydrogen-bond acceptors (Lipinski definition) is 2. The van der Waals surface area contributed by atoms with Gasteiger partial charge < -0.3 is 9.47 Å². The topological polar surface area (TPSA) is 38.1 Å². The van der Waals surface area contributed by atoms with Crippen LogP contribution in [0.3, 0.4) is 0 Å². The molecule has 1 aliphatic rings. The van der Waals surface area contributed by atoms with Gasteiger partial charge in [-0.15, -0.1) is 0 Å². The molecular weight excluding hydrogens is 378 g/mol. The van der Waals surface area contributed by atoms with E-state index in [0.29, 0.717) is 5.56 Å². The van der Waals surface area contributed by atoms with Crippen LogP contribution in [0.2, 0.25) is 0 Å². The molecule has 2 aromatic carbocycles. The minimum Gasteiger partial charge on any atom is -0.331 e. The van der Waals surface area contributed by atoms with E-state index in [0.717, 1.165) is 52.0 Å². The summed E-state index contributed by atoms with van der Waals surface area (Å²) in [5.74, 6) is 1.00. The van der Waals surface area contributed by atoms with Gasteiger partial charge in [-0.1, -0.05) is 15.9 Å². The average Bonchev–Trinajstić information content (AvgIpc) is 2.87. The zero-order valence-electron chi connectivity index (χ0n) is 14.6. The standard InChI is InChI=1S/C20H20BrN3O/c1-12-9-16(21)10-14-5-4-8-24(19(12)14)20(25)15-6-7-18-17(11-15)22-13(2)23(18)3/h6-7,9-11H,4-5,8H2,1-3H3. The number of carbonyl (C=O) groups excluding carboxylic acids is 1. The van der Waals surface area contributed by atoms with Crippen molar-refractivity contribution < 1.29 is 4.79 Å². The van der Waals surface area contributed by atoms with Crippen LogP contribution in [-0.2, 0) is 13.5 Å². The third-order valence-electron chi connectivity index (χ3n) is 5.04. The Bertz CT molecular complexity index is 1010. The van der Waals surface area contributed by atoms with E-state index in [9.17, 15) is 4.79 Å². The number of nitrogens with zero attached hydrogens (tertiary/aromatic N) is 3. The molecule has 1 aromatic heterocycles. The molecule has 1 aliphatic heterocycles. The molecule has 0 saturated heterocycles. The summed E-state index contributed by atoms with van der Waals surface area (Å²) in [7, 11) is 1.99. The van der Waals surface area contributed by atoms with Crippen molar-refractivity contribution in [3.05, 3.63) is 57.3 Å². The Morgan fingerprint density at radius 3 is 2.80 bits per heavy atom. The van der Waals surface area contributed by atoms with E-state index in [1.165, 1.54) is 5.56 Å². The van der Waals surface area contributed by atoms with Gasteiger partial charge >= 0.3 is 0 Å². The van der Waals surface area contributed by atoms with Crippen molar-refractivity contribution in [3.63, 3.8) is 0 Å². The zero-order valence-corrected chi connectivity index (χ0v) is 16.2. The quantitative estimate of drug-likeness (QED) is 0.604. The second-order valence-corrected chi connectivity index (χ2v) is 7.63. The fraction of sp³-hybridized carbons (Fsp3) is 0.300. The van der Waals surface area contributed by atoms with Crippen LogP contribution in [0.15, 0.2) is 34.8 Å². The molecule has 0 unspecified atom stereocenters. The zero-order chi connectivity index (χ0) is 17.7. The van der Waals surface area contributed by atoms with Crippen molar-refractivity contribution in [1.82, 2.24) is 9.55 Å². The van der Waals surface area contributed by atoms with E-state index in [2.05, 4.69) is 40.0 Å². The fourth-order valence-electron chi connectivity index (χ4n) is 3.73. The molecule has 1 amide bonds. The largest absolute Gasteiger partial charge is 0.331 e.